The summed E-state index contributed by atoms with van der Waals surface area (Å²) in [5.74, 6) is -0.996. The van der Waals surface area contributed by atoms with Gasteiger partial charge in [0, 0.05) is 24.3 Å². The van der Waals surface area contributed by atoms with Crippen molar-refractivity contribution in [1.82, 2.24) is 4.90 Å². The van der Waals surface area contributed by atoms with Gasteiger partial charge in [-0.3, -0.25) is 9.59 Å². The van der Waals surface area contributed by atoms with Gasteiger partial charge in [0.15, 0.2) is 0 Å². The minimum absolute atomic E-state index is 0.129. The molecule has 6 nitrogen and oxygen atoms in total. The van der Waals surface area contributed by atoms with Crippen LogP contribution in [0.1, 0.15) is 189 Å². The quantitative estimate of drug-likeness (QED) is 0.0611. The summed E-state index contributed by atoms with van der Waals surface area (Å²) in [4.78, 5) is 40.7. The molecule has 0 aliphatic carbocycles. The molecule has 1 aliphatic heterocycles. The van der Waals surface area contributed by atoms with Crippen LogP contribution in [0.15, 0.2) is 48.6 Å². The summed E-state index contributed by atoms with van der Waals surface area (Å²) in [6.07, 6.45) is 44.8. The Morgan fingerprint density at radius 2 is 1.12 bits per heavy atom. The average Bonchev–Trinajstić information content (AvgIpc) is 3.48. The molecule has 0 bridgehead atoms. The van der Waals surface area contributed by atoms with Crippen molar-refractivity contribution in [1.29, 1.82) is 0 Å². The maximum atomic E-state index is 13.0. The highest BCUT2D eigenvalue weighted by Gasteiger charge is 2.30. The lowest BCUT2D eigenvalue weighted by atomic mass is 10.0. The van der Waals surface area contributed by atoms with Gasteiger partial charge in [0.1, 0.15) is 5.00 Å². The molecule has 0 atom stereocenters. The molecule has 0 saturated carbocycles. The highest BCUT2D eigenvalue weighted by molar-refractivity contribution is 7.17. The van der Waals surface area contributed by atoms with E-state index < -0.39 is 5.97 Å². The third-order valence-electron chi connectivity index (χ3n) is 9.57. The summed E-state index contributed by atoms with van der Waals surface area (Å²) in [5, 5.41) is 13.3. The second kappa shape index (κ2) is 29.6. The summed E-state index contributed by atoms with van der Waals surface area (Å²) in [6.45, 7) is 5.43. The standard InChI is InChI=1S/C44H70N2O4S/c1-3-5-7-9-11-13-15-17-19-21-23-25-27-29-31-33-40(47)45-43-42(44(49)50)38-35-36-46(37-39(38)51-43)41(48)34-32-30-28-26-24-22-20-18-16-14-12-10-8-6-4-2/h11-14,17-20H,3-10,15-16,21-37H2,1-2H3,(H,45,47)(H,49,50)/b13-11-,14-12-,19-17-,20-18-. The van der Waals surface area contributed by atoms with Crippen LogP contribution in [0.4, 0.5) is 5.00 Å². The monoisotopic (exact) mass is 723 g/mol. The molecule has 286 valence electrons. The first-order chi connectivity index (χ1) is 25.0. The van der Waals surface area contributed by atoms with Crippen LogP contribution in [0.5, 0.6) is 0 Å². The van der Waals surface area contributed by atoms with Gasteiger partial charge in [-0.1, -0.05) is 127 Å². The zero-order chi connectivity index (χ0) is 36.8. The molecular weight excluding hydrogens is 653 g/mol. The van der Waals surface area contributed by atoms with Gasteiger partial charge < -0.3 is 15.3 Å². The van der Waals surface area contributed by atoms with Crippen molar-refractivity contribution >= 4 is 34.1 Å². The summed E-state index contributed by atoms with van der Waals surface area (Å²) >= 11 is 1.33. The lowest BCUT2D eigenvalue weighted by molar-refractivity contribution is -0.132. The van der Waals surface area contributed by atoms with E-state index in [0.717, 1.165) is 81.1 Å². The number of nitrogens with zero attached hydrogens (tertiary/aromatic N) is 1. The maximum Gasteiger partial charge on any atom is 0.339 e. The van der Waals surface area contributed by atoms with Gasteiger partial charge in [0.25, 0.3) is 0 Å². The van der Waals surface area contributed by atoms with E-state index in [1.165, 1.54) is 82.0 Å². The van der Waals surface area contributed by atoms with Crippen molar-refractivity contribution in [3.63, 3.8) is 0 Å². The number of rotatable bonds is 30. The van der Waals surface area contributed by atoms with Crippen molar-refractivity contribution in [2.75, 3.05) is 11.9 Å². The van der Waals surface area contributed by atoms with Gasteiger partial charge in [-0.05, 0) is 89.0 Å². The number of carboxylic acid groups (broad SMARTS) is 1. The average molecular weight is 723 g/mol. The lowest BCUT2D eigenvalue weighted by Gasteiger charge is -2.27. The highest BCUT2D eigenvalue weighted by Crippen LogP contribution is 2.37. The minimum atomic E-state index is -1.01. The Labute approximate surface area is 314 Å². The fourth-order valence-electron chi connectivity index (χ4n) is 6.46. The number of aromatic carboxylic acids is 1. The normalized spacial score (nSPS) is 13.3. The van der Waals surface area contributed by atoms with Crippen LogP contribution >= 0.6 is 11.3 Å². The molecule has 1 aromatic heterocycles. The number of unbranched alkanes of at least 4 members (excludes halogenated alkanes) is 16. The molecule has 1 aromatic rings. The van der Waals surface area contributed by atoms with Gasteiger partial charge in [-0.2, -0.15) is 0 Å². The second-order valence-electron chi connectivity index (χ2n) is 14.1. The Kier molecular flexibility index (Phi) is 25.7. The molecule has 0 unspecified atom stereocenters. The third kappa shape index (κ3) is 20.6. The molecular formula is C44H70N2O4S. The number of anilines is 1. The number of hydrogen-bond donors (Lipinski definition) is 2. The smallest absolute Gasteiger partial charge is 0.339 e. The van der Waals surface area contributed by atoms with E-state index in [4.69, 9.17) is 0 Å². The van der Waals surface area contributed by atoms with Crippen molar-refractivity contribution in [3.8, 4) is 0 Å². The zero-order valence-corrected chi connectivity index (χ0v) is 33.1. The number of carboxylic acids is 1. The number of hydrogen-bond acceptors (Lipinski definition) is 4. The first kappa shape index (κ1) is 44.2. The van der Waals surface area contributed by atoms with E-state index in [1.807, 2.05) is 4.90 Å². The Morgan fingerprint density at radius 1 is 0.647 bits per heavy atom. The summed E-state index contributed by atoms with van der Waals surface area (Å²) < 4.78 is 0. The van der Waals surface area contributed by atoms with Gasteiger partial charge in [0.2, 0.25) is 11.8 Å². The molecule has 2 heterocycles. The van der Waals surface area contributed by atoms with Crippen LogP contribution < -0.4 is 5.32 Å². The van der Waals surface area contributed by atoms with E-state index in [-0.39, 0.29) is 17.4 Å². The number of carbonyl (C=O) groups excluding carboxylic acids is 2. The molecule has 0 spiro atoms. The number of amides is 2. The summed E-state index contributed by atoms with van der Waals surface area (Å²) in [5.41, 5.74) is 0.991. The molecule has 0 radical (unpaired) electrons. The Hall–Kier alpha value is -2.93. The zero-order valence-electron chi connectivity index (χ0n) is 32.2. The molecule has 2 amide bonds. The van der Waals surface area contributed by atoms with Gasteiger partial charge in [-0.15, -0.1) is 11.3 Å². The Morgan fingerprint density at radius 3 is 1.63 bits per heavy atom. The van der Waals surface area contributed by atoms with Crippen molar-refractivity contribution < 1.29 is 19.5 Å². The van der Waals surface area contributed by atoms with E-state index in [9.17, 15) is 19.5 Å². The molecule has 0 fully saturated rings. The first-order valence-corrected chi connectivity index (χ1v) is 21.3. The molecule has 2 N–H and O–H groups in total. The van der Waals surface area contributed by atoms with Crippen molar-refractivity contribution in [2.24, 2.45) is 0 Å². The number of nitrogens with one attached hydrogen (secondary N) is 1. The van der Waals surface area contributed by atoms with Crippen LogP contribution in [0, 0.1) is 0 Å². The topological polar surface area (TPSA) is 86.7 Å². The van der Waals surface area contributed by atoms with Crippen LogP contribution in [0.2, 0.25) is 0 Å². The van der Waals surface area contributed by atoms with Gasteiger partial charge in [0.05, 0.1) is 12.1 Å². The molecule has 0 aromatic carbocycles. The number of carbonyl (C=O) groups is 3. The van der Waals surface area contributed by atoms with Crippen LogP contribution in [-0.2, 0) is 22.6 Å². The molecule has 51 heavy (non-hydrogen) atoms. The summed E-state index contributed by atoms with van der Waals surface area (Å²) in [6, 6.07) is 0. The van der Waals surface area contributed by atoms with Gasteiger partial charge in [-0.25, -0.2) is 4.79 Å². The Bertz CT molecular complexity index is 1230. The fourth-order valence-corrected chi connectivity index (χ4v) is 7.73. The van der Waals surface area contributed by atoms with E-state index >= 15 is 0 Å². The van der Waals surface area contributed by atoms with Crippen LogP contribution in [0.3, 0.4) is 0 Å². The Balaban J connectivity index is 1.59. The highest BCUT2D eigenvalue weighted by atomic mass is 32.1. The second-order valence-corrected chi connectivity index (χ2v) is 15.2. The molecule has 2 rings (SSSR count). The number of thiophene rings is 1. The largest absolute Gasteiger partial charge is 0.478 e. The molecule has 0 saturated heterocycles. The number of allylic oxidation sites excluding steroid dienone is 8. The summed E-state index contributed by atoms with van der Waals surface area (Å²) in [7, 11) is 0. The minimum Gasteiger partial charge on any atom is -0.478 e. The van der Waals surface area contributed by atoms with Crippen LogP contribution in [0.25, 0.3) is 0 Å². The third-order valence-corrected chi connectivity index (χ3v) is 10.7. The predicted molar refractivity (Wildman–Crippen MR) is 218 cm³/mol. The fraction of sp³-hybridized carbons (Fsp3) is 0.659. The van der Waals surface area contributed by atoms with E-state index in [2.05, 4.69) is 67.8 Å². The first-order valence-electron chi connectivity index (χ1n) is 20.5. The molecule has 1 aliphatic rings. The van der Waals surface area contributed by atoms with E-state index in [0.29, 0.717) is 37.4 Å². The SMILES string of the molecule is CCCCC/C=C\C/C=C\CCCCCCCC(=O)Nc1sc2c(c1C(=O)O)CCN(C(=O)CCCCCCC/C=C\C/C=C\CCCCC)C2. The van der Waals surface area contributed by atoms with Crippen LogP contribution in [-0.4, -0.2) is 34.3 Å². The predicted octanol–water partition coefficient (Wildman–Crippen LogP) is 12.9. The van der Waals surface area contributed by atoms with Gasteiger partial charge >= 0.3 is 5.97 Å². The maximum absolute atomic E-state index is 13.0. The van der Waals surface area contributed by atoms with Crippen molar-refractivity contribution in [3.05, 3.63) is 64.6 Å². The van der Waals surface area contributed by atoms with E-state index in [1.54, 1.807) is 0 Å². The lowest BCUT2D eigenvalue weighted by Crippen LogP contribution is -2.35. The van der Waals surface area contributed by atoms with Crippen molar-refractivity contribution in [2.45, 2.75) is 181 Å². The molecule has 7 heteroatoms. The number of fused-ring (bicyclic) bond motifs is 1.